The Morgan fingerprint density at radius 2 is 1.67 bits per heavy atom. The highest BCUT2D eigenvalue weighted by atomic mass is 16.1. The SMILES string of the molecule is CCC(=O)CCC(=O)CCC=O. The van der Waals surface area contributed by atoms with Crippen LogP contribution >= 0.6 is 0 Å². The normalized spacial score (nSPS) is 9.42. The molecular formula is C9H14O3. The average Bonchev–Trinajstić information content (AvgIpc) is 2.10. The Hall–Kier alpha value is -0.990. The maximum absolute atomic E-state index is 10.9. The molecule has 0 aliphatic carbocycles. The van der Waals surface area contributed by atoms with Crippen molar-refractivity contribution < 1.29 is 14.4 Å². The number of carbonyl (C=O) groups excluding carboxylic acids is 3. The smallest absolute Gasteiger partial charge is 0.133 e. The van der Waals surface area contributed by atoms with Crippen molar-refractivity contribution in [1.82, 2.24) is 0 Å². The van der Waals surface area contributed by atoms with E-state index in [2.05, 4.69) is 0 Å². The zero-order valence-corrected chi connectivity index (χ0v) is 7.34. The number of aldehydes is 1. The van der Waals surface area contributed by atoms with Gasteiger partial charge in [0.1, 0.15) is 17.9 Å². The summed E-state index contributed by atoms with van der Waals surface area (Å²) in [7, 11) is 0. The Kier molecular flexibility index (Phi) is 6.15. The second-order valence-electron chi connectivity index (χ2n) is 2.64. The van der Waals surface area contributed by atoms with Crippen molar-refractivity contribution in [1.29, 1.82) is 0 Å². The fourth-order valence-corrected chi connectivity index (χ4v) is 0.801. The van der Waals surface area contributed by atoms with Crippen LogP contribution in [0.1, 0.15) is 39.0 Å². The Morgan fingerprint density at radius 1 is 1.08 bits per heavy atom. The predicted molar refractivity (Wildman–Crippen MR) is 44.8 cm³/mol. The second kappa shape index (κ2) is 6.70. The second-order valence-corrected chi connectivity index (χ2v) is 2.64. The van der Waals surface area contributed by atoms with Crippen LogP contribution in [-0.2, 0) is 14.4 Å². The van der Waals surface area contributed by atoms with Crippen LogP contribution in [-0.4, -0.2) is 17.9 Å². The van der Waals surface area contributed by atoms with E-state index in [0.29, 0.717) is 19.3 Å². The molecule has 0 aliphatic heterocycles. The van der Waals surface area contributed by atoms with E-state index < -0.39 is 0 Å². The zero-order chi connectivity index (χ0) is 9.40. The van der Waals surface area contributed by atoms with E-state index >= 15 is 0 Å². The topological polar surface area (TPSA) is 51.2 Å². The van der Waals surface area contributed by atoms with E-state index in [4.69, 9.17) is 0 Å². The Balaban J connectivity index is 3.43. The van der Waals surface area contributed by atoms with Gasteiger partial charge in [-0.05, 0) is 0 Å². The molecule has 0 fully saturated rings. The Bertz CT molecular complexity index is 173. The standard InChI is InChI=1S/C9H14O3/c1-2-8(11)5-6-9(12)4-3-7-10/h7H,2-6H2,1H3. The molecule has 0 spiro atoms. The molecule has 0 aliphatic rings. The first-order chi connectivity index (χ1) is 5.70. The molecule has 0 rings (SSSR count). The summed E-state index contributed by atoms with van der Waals surface area (Å²) in [5.41, 5.74) is 0. The van der Waals surface area contributed by atoms with Crippen molar-refractivity contribution in [3.05, 3.63) is 0 Å². The summed E-state index contributed by atoms with van der Waals surface area (Å²) in [4.78, 5) is 31.6. The molecular weight excluding hydrogens is 156 g/mol. The van der Waals surface area contributed by atoms with Gasteiger partial charge in [0.2, 0.25) is 0 Å². The number of hydrogen-bond donors (Lipinski definition) is 0. The van der Waals surface area contributed by atoms with Crippen LogP contribution in [0.5, 0.6) is 0 Å². The van der Waals surface area contributed by atoms with Crippen LogP contribution in [0, 0.1) is 0 Å². The lowest BCUT2D eigenvalue weighted by Crippen LogP contribution is -2.03. The Morgan fingerprint density at radius 3 is 2.17 bits per heavy atom. The van der Waals surface area contributed by atoms with Gasteiger partial charge in [0.25, 0.3) is 0 Å². The van der Waals surface area contributed by atoms with Crippen molar-refractivity contribution in [2.45, 2.75) is 39.0 Å². The highest BCUT2D eigenvalue weighted by Crippen LogP contribution is 1.99. The molecule has 0 aromatic heterocycles. The van der Waals surface area contributed by atoms with E-state index in [1.54, 1.807) is 6.92 Å². The first-order valence-corrected chi connectivity index (χ1v) is 4.17. The number of Topliss-reactive ketones (excluding diaryl/α,β-unsaturated/α-hetero) is 2. The quantitative estimate of drug-likeness (QED) is 0.541. The molecule has 12 heavy (non-hydrogen) atoms. The predicted octanol–water partition coefficient (Wildman–Crippen LogP) is 1.29. The fourth-order valence-electron chi connectivity index (χ4n) is 0.801. The summed E-state index contributed by atoms with van der Waals surface area (Å²) in [6.07, 6.45) is 2.38. The molecule has 0 aromatic rings. The first kappa shape index (κ1) is 11.0. The summed E-state index contributed by atoms with van der Waals surface area (Å²) < 4.78 is 0. The first-order valence-electron chi connectivity index (χ1n) is 4.17. The van der Waals surface area contributed by atoms with E-state index in [1.165, 1.54) is 0 Å². The van der Waals surface area contributed by atoms with Crippen LogP contribution in [0.2, 0.25) is 0 Å². The third-order valence-electron chi connectivity index (χ3n) is 1.62. The zero-order valence-electron chi connectivity index (χ0n) is 7.34. The lowest BCUT2D eigenvalue weighted by molar-refractivity contribution is -0.124. The van der Waals surface area contributed by atoms with Gasteiger partial charge in [-0.3, -0.25) is 9.59 Å². The third-order valence-corrected chi connectivity index (χ3v) is 1.62. The average molecular weight is 170 g/mol. The maximum atomic E-state index is 10.9. The van der Waals surface area contributed by atoms with E-state index in [0.717, 1.165) is 6.29 Å². The number of ketones is 2. The van der Waals surface area contributed by atoms with Crippen molar-refractivity contribution in [3.63, 3.8) is 0 Å². The summed E-state index contributed by atoms with van der Waals surface area (Å²) in [6, 6.07) is 0. The maximum Gasteiger partial charge on any atom is 0.133 e. The van der Waals surface area contributed by atoms with Gasteiger partial charge in [-0.15, -0.1) is 0 Å². The molecule has 0 heterocycles. The number of carbonyl (C=O) groups is 3. The summed E-state index contributed by atoms with van der Waals surface area (Å²) in [5.74, 6) is 0.110. The number of hydrogen-bond acceptors (Lipinski definition) is 3. The lowest BCUT2D eigenvalue weighted by Gasteiger charge is -1.95. The molecule has 68 valence electrons. The van der Waals surface area contributed by atoms with Gasteiger partial charge in [-0.2, -0.15) is 0 Å². The van der Waals surface area contributed by atoms with Crippen molar-refractivity contribution >= 4 is 17.9 Å². The summed E-state index contributed by atoms with van der Waals surface area (Å²) in [6.45, 7) is 1.78. The van der Waals surface area contributed by atoms with Gasteiger partial charge in [0.15, 0.2) is 0 Å². The van der Waals surface area contributed by atoms with Crippen LogP contribution in [0.3, 0.4) is 0 Å². The molecule has 0 atom stereocenters. The largest absolute Gasteiger partial charge is 0.303 e. The van der Waals surface area contributed by atoms with E-state index in [1.807, 2.05) is 0 Å². The van der Waals surface area contributed by atoms with Crippen LogP contribution < -0.4 is 0 Å². The fraction of sp³-hybridized carbons (Fsp3) is 0.667. The minimum atomic E-state index is 0.00361. The molecule has 0 saturated carbocycles. The van der Waals surface area contributed by atoms with Crippen molar-refractivity contribution in [2.24, 2.45) is 0 Å². The molecule has 0 radical (unpaired) electrons. The van der Waals surface area contributed by atoms with Crippen molar-refractivity contribution in [2.75, 3.05) is 0 Å². The van der Waals surface area contributed by atoms with E-state index in [-0.39, 0.29) is 24.4 Å². The minimum absolute atomic E-state index is 0.00361. The van der Waals surface area contributed by atoms with E-state index in [9.17, 15) is 14.4 Å². The third kappa shape index (κ3) is 5.77. The molecule has 0 unspecified atom stereocenters. The summed E-state index contributed by atoms with van der Waals surface area (Å²) in [5, 5.41) is 0. The van der Waals surface area contributed by atoms with Gasteiger partial charge in [0.05, 0.1) is 0 Å². The number of rotatable bonds is 7. The summed E-state index contributed by atoms with van der Waals surface area (Å²) >= 11 is 0. The van der Waals surface area contributed by atoms with Crippen LogP contribution in [0.4, 0.5) is 0 Å². The van der Waals surface area contributed by atoms with Crippen LogP contribution in [0.25, 0.3) is 0 Å². The Labute approximate surface area is 72.1 Å². The minimum Gasteiger partial charge on any atom is -0.303 e. The molecule has 0 bridgehead atoms. The highest BCUT2D eigenvalue weighted by Gasteiger charge is 2.04. The molecule has 0 aromatic carbocycles. The van der Waals surface area contributed by atoms with Crippen LogP contribution in [0.15, 0.2) is 0 Å². The van der Waals surface area contributed by atoms with Gasteiger partial charge >= 0.3 is 0 Å². The van der Waals surface area contributed by atoms with Gasteiger partial charge in [-0.1, -0.05) is 6.92 Å². The molecule has 0 amide bonds. The highest BCUT2D eigenvalue weighted by molar-refractivity contribution is 5.86. The van der Waals surface area contributed by atoms with Gasteiger partial charge in [0, 0.05) is 32.1 Å². The van der Waals surface area contributed by atoms with Gasteiger partial charge < -0.3 is 4.79 Å². The molecule has 3 nitrogen and oxygen atoms in total. The molecule has 0 saturated heterocycles. The monoisotopic (exact) mass is 170 g/mol. The van der Waals surface area contributed by atoms with Gasteiger partial charge in [-0.25, -0.2) is 0 Å². The van der Waals surface area contributed by atoms with Crippen molar-refractivity contribution in [3.8, 4) is 0 Å². The molecule has 0 N–H and O–H groups in total. The lowest BCUT2D eigenvalue weighted by atomic mass is 10.1. The molecule has 3 heteroatoms.